The van der Waals surface area contributed by atoms with Gasteiger partial charge in [-0.1, -0.05) is 6.07 Å². The van der Waals surface area contributed by atoms with Gasteiger partial charge in [0.1, 0.15) is 0 Å². The number of nitrogens with two attached hydrogens (primary N) is 1. The molecule has 128 valence electrons. The van der Waals surface area contributed by atoms with E-state index in [1.165, 1.54) is 0 Å². The second-order valence-corrected chi connectivity index (χ2v) is 6.62. The van der Waals surface area contributed by atoms with E-state index in [0.29, 0.717) is 5.56 Å². The van der Waals surface area contributed by atoms with Gasteiger partial charge >= 0.3 is 0 Å². The number of aromatic nitrogens is 3. The highest BCUT2D eigenvalue weighted by atomic mass is 16.1. The molecule has 0 spiro atoms. The van der Waals surface area contributed by atoms with Crippen LogP contribution in [0.2, 0.25) is 0 Å². The molecule has 6 heteroatoms. The quantitative estimate of drug-likeness (QED) is 0.797. The number of benzene rings is 1. The van der Waals surface area contributed by atoms with Gasteiger partial charge in [-0.3, -0.25) is 9.48 Å². The number of nitrogens with zero attached hydrogens (tertiary/aromatic N) is 4. The van der Waals surface area contributed by atoms with Crippen LogP contribution >= 0.6 is 0 Å². The van der Waals surface area contributed by atoms with E-state index in [2.05, 4.69) is 27.1 Å². The first-order chi connectivity index (χ1) is 12.0. The van der Waals surface area contributed by atoms with Gasteiger partial charge in [0, 0.05) is 43.0 Å². The lowest BCUT2D eigenvalue weighted by Crippen LogP contribution is -2.30. The number of carbonyl (C=O) groups is 1. The predicted octanol–water partition coefficient (Wildman–Crippen LogP) is 2.33. The highest BCUT2D eigenvalue weighted by Gasteiger charge is 2.21. The Balaban J connectivity index is 1.70. The Morgan fingerprint density at radius 3 is 3.00 bits per heavy atom. The molecule has 0 saturated carbocycles. The number of rotatable bonds is 3. The van der Waals surface area contributed by atoms with Crippen LogP contribution in [-0.4, -0.2) is 27.2 Å². The summed E-state index contributed by atoms with van der Waals surface area (Å²) in [4.78, 5) is 18.6. The first-order valence-corrected chi connectivity index (χ1v) is 8.49. The van der Waals surface area contributed by atoms with Crippen molar-refractivity contribution in [3.05, 3.63) is 52.8 Å². The van der Waals surface area contributed by atoms with E-state index in [1.54, 1.807) is 0 Å². The van der Waals surface area contributed by atoms with Gasteiger partial charge in [-0.2, -0.15) is 5.10 Å². The van der Waals surface area contributed by atoms with Gasteiger partial charge in [0.05, 0.1) is 5.69 Å². The molecule has 3 aromatic rings. The van der Waals surface area contributed by atoms with E-state index in [1.807, 2.05) is 37.0 Å². The SMILES string of the molecule is Cc1nn(C)c2ncc(CN3CCCc4c(C(N)=O)cccc43)cc12. The van der Waals surface area contributed by atoms with Gasteiger partial charge in [0.25, 0.3) is 0 Å². The maximum Gasteiger partial charge on any atom is 0.249 e. The zero-order valence-corrected chi connectivity index (χ0v) is 14.5. The van der Waals surface area contributed by atoms with Crippen LogP contribution in [0.1, 0.15) is 33.6 Å². The summed E-state index contributed by atoms with van der Waals surface area (Å²) in [6.07, 6.45) is 3.82. The number of pyridine rings is 1. The molecular weight excluding hydrogens is 314 g/mol. The average Bonchev–Trinajstić information content (AvgIpc) is 2.88. The van der Waals surface area contributed by atoms with Crippen LogP contribution in [0.4, 0.5) is 5.69 Å². The second-order valence-electron chi connectivity index (χ2n) is 6.62. The van der Waals surface area contributed by atoms with Gasteiger partial charge in [-0.25, -0.2) is 4.98 Å². The largest absolute Gasteiger partial charge is 0.367 e. The van der Waals surface area contributed by atoms with Crippen molar-refractivity contribution in [2.45, 2.75) is 26.3 Å². The Labute approximate surface area is 146 Å². The summed E-state index contributed by atoms with van der Waals surface area (Å²) in [5.74, 6) is -0.354. The molecule has 0 bridgehead atoms. The van der Waals surface area contributed by atoms with Gasteiger partial charge in [0.15, 0.2) is 5.65 Å². The fourth-order valence-electron chi connectivity index (χ4n) is 3.75. The number of fused-ring (bicyclic) bond motifs is 2. The molecule has 0 saturated heterocycles. The first-order valence-electron chi connectivity index (χ1n) is 8.49. The molecule has 0 fully saturated rings. The molecule has 0 radical (unpaired) electrons. The molecule has 25 heavy (non-hydrogen) atoms. The Morgan fingerprint density at radius 1 is 1.36 bits per heavy atom. The van der Waals surface area contributed by atoms with Gasteiger partial charge < -0.3 is 10.6 Å². The van der Waals surface area contributed by atoms with E-state index in [4.69, 9.17) is 5.73 Å². The molecule has 1 amide bonds. The van der Waals surface area contributed by atoms with Crippen LogP contribution in [0, 0.1) is 6.92 Å². The topological polar surface area (TPSA) is 77.0 Å². The van der Waals surface area contributed by atoms with Crippen molar-refractivity contribution in [2.75, 3.05) is 11.4 Å². The van der Waals surface area contributed by atoms with Crippen LogP contribution < -0.4 is 10.6 Å². The van der Waals surface area contributed by atoms with Crippen molar-refractivity contribution in [1.29, 1.82) is 0 Å². The highest BCUT2D eigenvalue weighted by Crippen LogP contribution is 2.31. The summed E-state index contributed by atoms with van der Waals surface area (Å²) in [6, 6.07) is 7.96. The predicted molar refractivity (Wildman–Crippen MR) is 97.6 cm³/mol. The summed E-state index contributed by atoms with van der Waals surface area (Å²) in [7, 11) is 1.91. The molecule has 0 unspecified atom stereocenters. The summed E-state index contributed by atoms with van der Waals surface area (Å²) in [5.41, 5.74) is 11.4. The van der Waals surface area contributed by atoms with E-state index in [9.17, 15) is 4.79 Å². The van der Waals surface area contributed by atoms with Crippen molar-refractivity contribution in [1.82, 2.24) is 14.8 Å². The molecule has 4 rings (SSSR count). The fraction of sp³-hybridized carbons (Fsp3) is 0.316. The highest BCUT2D eigenvalue weighted by molar-refractivity contribution is 5.96. The minimum atomic E-state index is -0.354. The second kappa shape index (κ2) is 5.88. The molecule has 1 aromatic carbocycles. The molecule has 6 nitrogen and oxygen atoms in total. The van der Waals surface area contributed by atoms with E-state index in [0.717, 1.165) is 59.5 Å². The van der Waals surface area contributed by atoms with Crippen molar-refractivity contribution >= 4 is 22.6 Å². The molecule has 1 aliphatic rings. The first kappa shape index (κ1) is 15.6. The third kappa shape index (κ3) is 2.63. The van der Waals surface area contributed by atoms with Gasteiger partial charge in [-0.05, 0) is 49.1 Å². The number of aryl methyl sites for hydroxylation is 2. The zero-order chi connectivity index (χ0) is 17.6. The molecule has 0 atom stereocenters. The van der Waals surface area contributed by atoms with Crippen molar-refractivity contribution < 1.29 is 4.79 Å². The maximum atomic E-state index is 11.7. The van der Waals surface area contributed by atoms with Gasteiger partial charge in [-0.15, -0.1) is 0 Å². The number of hydrogen-bond acceptors (Lipinski definition) is 4. The standard InChI is InChI=1S/C19H21N5O/c1-12-16-9-13(10-21-19(16)23(2)22-12)11-24-8-4-6-14-15(18(20)25)5-3-7-17(14)24/h3,5,7,9-10H,4,6,8,11H2,1-2H3,(H2,20,25). The van der Waals surface area contributed by atoms with Crippen LogP contribution in [0.5, 0.6) is 0 Å². The average molecular weight is 335 g/mol. The van der Waals surface area contributed by atoms with E-state index in [-0.39, 0.29) is 5.91 Å². The van der Waals surface area contributed by atoms with Crippen molar-refractivity contribution in [2.24, 2.45) is 12.8 Å². The normalized spacial score (nSPS) is 13.9. The zero-order valence-electron chi connectivity index (χ0n) is 14.5. The molecule has 2 N–H and O–H groups in total. The molecule has 0 aliphatic carbocycles. The van der Waals surface area contributed by atoms with E-state index >= 15 is 0 Å². The summed E-state index contributed by atoms with van der Waals surface area (Å²) in [5, 5.41) is 5.52. The molecule has 2 aromatic heterocycles. The Bertz CT molecular complexity index is 975. The lowest BCUT2D eigenvalue weighted by atomic mass is 9.95. The lowest BCUT2D eigenvalue weighted by Gasteiger charge is -2.32. The smallest absolute Gasteiger partial charge is 0.249 e. The van der Waals surface area contributed by atoms with Crippen LogP contribution in [-0.2, 0) is 20.0 Å². The summed E-state index contributed by atoms with van der Waals surface area (Å²) >= 11 is 0. The van der Waals surface area contributed by atoms with Crippen LogP contribution in [0.3, 0.4) is 0 Å². The number of carbonyl (C=O) groups excluding carboxylic acids is 1. The minimum Gasteiger partial charge on any atom is -0.367 e. The monoisotopic (exact) mass is 335 g/mol. The number of amides is 1. The molecule has 1 aliphatic heterocycles. The summed E-state index contributed by atoms with van der Waals surface area (Å²) in [6.45, 7) is 3.72. The minimum absolute atomic E-state index is 0.354. The van der Waals surface area contributed by atoms with E-state index < -0.39 is 0 Å². The molecule has 3 heterocycles. The molecular formula is C19H21N5O. The lowest BCUT2D eigenvalue weighted by molar-refractivity contribution is 0.0999. The Morgan fingerprint density at radius 2 is 2.20 bits per heavy atom. The van der Waals surface area contributed by atoms with Crippen LogP contribution in [0.15, 0.2) is 30.5 Å². The Hall–Kier alpha value is -2.89. The number of primary amides is 1. The Kier molecular flexibility index (Phi) is 3.67. The maximum absolute atomic E-state index is 11.7. The van der Waals surface area contributed by atoms with Crippen molar-refractivity contribution in [3.63, 3.8) is 0 Å². The third-order valence-electron chi connectivity index (χ3n) is 4.91. The summed E-state index contributed by atoms with van der Waals surface area (Å²) < 4.78 is 1.81. The number of anilines is 1. The number of hydrogen-bond donors (Lipinski definition) is 1. The fourth-order valence-corrected chi connectivity index (χ4v) is 3.75. The van der Waals surface area contributed by atoms with Crippen molar-refractivity contribution in [3.8, 4) is 0 Å². The van der Waals surface area contributed by atoms with Gasteiger partial charge in [0.2, 0.25) is 5.91 Å². The third-order valence-corrected chi connectivity index (χ3v) is 4.91. The van der Waals surface area contributed by atoms with Crippen LogP contribution in [0.25, 0.3) is 11.0 Å².